The van der Waals surface area contributed by atoms with E-state index in [-0.39, 0.29) is 5.92 Å². The molecule has 1 aliphatic carbocycles. The van der Waals surface area contributed by atoms with Crippen LogP contribution in [0.3, 0.4) is 0 Å². The van der Waals surface area contributed by atoms with Gasteiger partial charge in [0.15, 0.2) is 0 Å². The van der Waals surface area contributed by atoms with Gasteiger partial charge in [0, 0.05) is 6.42 Å². The van der Waals surface area contributed by atoms with E-state index in [0.29, 0.717) is 12.8 Å². The fourth-order valence-electron chi connectivity index (χ4n) is 1.31. The molecule has 0 heterocycles. The Balaban J connectivity index is 2.56. The van der Waals surface area contributed by atoms with Crippen LogP contribution in [-0.2, 0) is 4.57 Å². The van der Waals surface area contributed by atoms with Crippen molar-refractivity contribution in [1.29, 1.82) is 0 Å². The van der Waals surface area contributed by atoms with Gasteiger partial charge in [-0.1, -0.05) is 12.2 Å². The van der Waals surface area contributed by atoms with Crippen molar-refractivity contribution >= 4 is 7.60 Å². The normalized spacial score (nSPS) is 19.7. The number of alkyl halides is 2. The molecule has 3 nitrogen and oxygen atoms in total. The first-order chi connectivity index (χ1) is 5.83. The standard InChI is InChI=1S/C7H11F2O3P/c8-7(9,13(10,11)12)5-6-3-1-2-4-6/h1-2,6H,3-5H2,(H2,10,11,12). The van der Waals surface area contributed by atoms with Gasteiger partial charge in [0.2, 0.25) is 0 Å². The lowest BCUT2D eigenvalue weighted by Crippen LogP contribution is -2.20. The zero-order valence-corrected chi connectivity index (χ0v) is 7.75. The molecule has 0 saturated heterocycles. The molecule has 76 valence electrons. The molecule has 0 aromatic heterocycles. The molecule has 0 atom stereocenters. The van der Waals surface area contributed by atoms with E-state index in [1.54, 1.807) is 12.2 Å². The van der Waals surface area contributed by atoms with E-state index in [9.17, 15) is 13.3 Å². The summed E-state index contributed by atoms with van der Waals surface area (Å²) in [7, 11) is -5.28. The largest absolute Gasteiger partial charge is 0.394 e. The number of hydrogen-bond donors (Lipinski definition) is 2. The van der Waals surface area contributed by atoms with Crippen molar-refractivity contribution in [2.24, 2.45) is 5.92 Å². The first kappa shape index (κ1) is 10.8. The van der Waals surface area contributed by atoms with Gasteiger partial charge < -0.3 is 9.79 Å². The van der Waals surface area contributed by atoms with Crippen LogP contribution in [-0.4, -0.2) is 15.5 Å². The highest BCUT2D eigenvalue weighted by molar-refractivity contribution is 7.53. The fraction of sp³-hybridized carbons (Fsp3) is 0.714. The third kappa shape index (κ3) is 2.59. The molecule has 1 rings (SSSR count). The minimum atomic E-state index is -5.28. The molecular formula is C7H11F2O3P. The van der Waals surface area contributed by atoms with Crippen molar-refractivity contribution in [3.05, 3.63) is 12.2 Å². The summed E-state index contributed by atoms with van der Waals surface area (Å²) in [4.78, 5) is 16.7. The number of hydrogen-bond acceptors (Lipinski definition) is 1. The Morgan fingerprint density at radius 3 is 2.23 bits per heavy atom. The SMILES string of the molecule is O=P(O)(O)C(F)(F)CC1CC=CC1. The maximum Gasteiger partial charge on any atom is 0.394 e. The van der Waals surface area contributed by atoms with Crippen LogP contribution in [0.15, 0.2) is 12.2 Å². The van der Waals surface area contributed by atoms with Gasteiger partial charge in [0.25, 0.3) is 0 Å². The summed E-state index contributed by atoms with van der Waals surface area (Å²) in [5.74, 6) is -0.331. The molecule has 0 spiro atoms. The van der Waals surface area contributed by atoms with Gasteiger partial charge in [-0.25, -0.2) is 0 Å². The second-order valence-electron chi connectivity index (χ2n) is 3.22. The number of halogens is 2. The van der Waals surface area contributed by atoms with Crippen molar-refractivity contribution < 1.29 is 23.1 Å². The van der Waals surface area contributed by atoms with E-state index < -0.39 is 19.7 Å². The van der Waals surface area contributed by atoms with Crippen LogP contribution < -0.4 is 0 Å². The summed E-state index contributed by atoms with van der Waals surface area (Å²) in [6, 6.07) is 0. The average molecular weight is 212 g/mol. The van der Waals surface area contributed by atoms with Crippen LogP contribution in [0.1, 0.15) is 19.3 Å². The maximum atomic E-state index is 12.8. The lowest BCUT2D eigenvalue weighted by atomic mass is 10.0. The highest BCUT2D eigenvalue weighted by Crippen LogP contribution is 2.56. The monoisotopic (exact) mass is 212 g/mol. The van der Waals surface area contributed by atoms with Gasteiger partial charge >= 0.3 is 13.3 Å². The molecule has 0 bridgehead atoms. The first-order valence-corrected chi connectivity index (χ1v) is 5.52. The molecule has 1 aliphatic rings. The highest BCUT2D eigenvalue weighted by Gasteiger charge is 2.49. The predicted octanol–water partition coefficient (Wildman–Crippen LogP) is 2.11. The molecule has 0 amide bonds. The summed E-state index contributed by atoms with van der Waals surface area (Å²) in [5, 5.41) is 0. The van der Waals surface area contributed by atoms with E-state index in [1.807, 2.05) is 0 Å². The second-order valence-corrected chi connectivity index (χ2v) is 4.97. The van der Waals surface area contributed by atoms with Crippen LogP contribution in [0.5, 0.6) is 0 Å². The summed E-state index contributed by atoms with van der Waals surface area (Å²) in [5.41, 5.74) is -3.87. The molecule has 0 unspecified atom stereocenters. The van der Waals surface area contributed by atoms with Gasteiger partial charge in [-0.2, -0.15) is 8.78 Å². The fourth-order valence-corrected chi connectivity index (χ4v) is 1.80. The molecule has 0 aromatic rings. The third-order valence-corrected chi connectivity index (χ3v) is 3.10. The van der Waals surface area contributed by atoms with Crippen LogP contribution in [0.25, 0.3) is 0 Å². The number of rotatable bonds is 3. The molecule has 13 heavy (non-hydrogen) atoms. The topological polar surface area (TPSA) is 57.5 Å². The Bertz CT molecular complexity index is 250. The molecule has 0 fully saturated rings. The van der Waals surface area contributed by atoms with Crippen molar-refractivity contribution in [2.75, 3.05) is 0 Å². The zero-order valence-electron chi connectivity index (χ0n) is 6.86. The highest BCUT2D eigenvalue weighted by atomic mass is 31.2. The Labute approximate surface area is 74.6 Å². The quantitative estimate of drug-likeness (QED) is 0.556. The zero-order chi connectivity index (χ0) is 10.1. The van der Waals surface area contributed by atoms with Crippen LogP contribution >= 0.6 is 7.60 Å². The molecule has 0 aromatic carbocycles. The van der Waals surface area contributed by atoms with Crippen molar-refractivity contribution in [3.8, 4) is 0 Å². The summed E-state index contributed by atoms with van der Waals surface area (Å²) in [6.45, 7) is 0. The molecule has 2 N–H and O–H groups in total. The molecule has 0 aliphatic heterocycles. The Morgan fingerprint density at radius 2 is 1.85 bits per heavy atom. The molecule has 0 saturated carbocycles. The maximum absolute atomic E-state index is 12.8. The van der Waals surface area contributed by atoms with E-state index in [1.165, 1.54) is 0 Å². The van der Waals surface area contributed by atoms with Gasteiger partial charge in [-0.15, -0.1) is 0 Å². The van der Waals surface area contributed by atoms with Gasteiger partial charge in [-0.3, -0.25) is 4.57 Å². The summed E-state index contributed by atoms with van der Waals surface area (Å²) < 4.78 is 35.9. The minimum Gasteiger partial charge on any atom is -0.320 e. The first-order valence-electron chi connectivity index (χ1n) is 3.91. The lowest BCUT2D eigenvalue weighted by molar-refractivity contribution is 0.0353. The van der Waals surface area contributed by atoms with Crippen LogP contribution in [0, 0.1) is 5.92 Å². The Kier molecular flexibility index (Phi) is 2.90. The van der Waals surface area contributed by atoms with Crippen LogP contribution in [0.2, 0.25) is 0 Å². The van der Waals surface area contributed by atoms with Gasteiger partial charge in [0.05, 0.1) is 0 Å². The molecular weight excluding hydrogens is 201 g/mol. The van der Waals surface area contributed by atoms with Gasteiger partial charge in [0.1, 0.15) is 0 Å². The van der Waals surface area contributed by atoms with E-state index in [4.69, 9.17) is 9.79 Å². The Hall–Kier alpha value is -0.250. The molecule has 6 heteroatoms. The summed E-state index contributed by atoms with van der Waals surface area (Å²) >= 11 is 0. The minimum absolute atomic E-state index is 0.331. The average Bonchev–Trinajstić information content (AvgIpc) is 2.35. The van der Waals surface area contributed by atoms with Crippen LogP contribution in [0.4, 0.5) is 8.78 Å². The third-order valence-electron chi connectivity index (χ3n) is 2.07. The second kappa shape index (κ2) is 3.48. The number of allylic oxidation sites excluding steroid dienone is 2. The van der Waals surface area contributed by atoms with E-state index >= 15 is 0 Å². The van der Waals surface area contributed by atoms with Crippen molar-refractivity contribution in [1.82, 2.24) is 0 Å². The van der Waals surface area contributed by atoms with Gasteiger partial charge in [-0.05, 0) is 18.8 Å². The van der Waals surface area contributed by atoms with Crippen molar-refractivity contribution in [3.63, 3.8) is 0 Å². The smallest absolute Gasteiger partial charge is 0.320 e. The van der Waals surface area contributed by atoms with E-state index in [0.717, 1.165) is 0 Å². The lowest BCUT2D eigenvalue weighted by Gasteiger charge is -2.20. The molecule has 0 radical (unpaired) electrons. The Morgan fingerprint density at radius 1 is 1.38 bits per heavy atom. The van der Waals surface area contributed by atoms with Crippen molar-refractivity contribution in [2.45, 2.75) is 24.9 Å². The predicted molar refractivity (Wildman–Crippen MR) is 43.5 cm³/mol. The van der Waals surface area contributed by atoms with E-state index in [2.05, 4.69) is 0 Å². The summed E-state index contributed by atoms with van der Waals surface area (Å²) in [6.07, 6.45) is 3.73.